The van der Waals surface area contributed by atoms with Crippen molar-refractivity contribution >= 4 is 16.7 Å². The Labute approximate surface area is 120 Å². The Morgan fingerprint density at radius 3 is 2.85 bits per heavy atom. The maximum absolute atomic E-state index is 11.5. The van der Waals surface area contributed by atoms with Gasteiger partial charge in [-0.3, -0.25) is 4.79 Å². The molecule has 1 aliphatic carbocycles. The van der Waals surface area contributed by atoms with Gasteiger partial charge in [0.2, 0.25) is 5.91 Å². The summed E-state index contributed by atoms with van der Waals surface area (Å²) in [5.74, 6) is 0.735. The number of nitrogens with one attached hydrogen (secondary N) is 1. The van der Waals surface area contributed by atoms with Gasteiger partial charge >= 0.3 is 0 Å². The molecule has 0 unspecified atom stereocenters. The van der Waals surface area contributed by atoms with E-state index in [-0.39, 0.29) is 5.91 Å². The first-order valence-corrected chi connectivity index (χ1v) is 7.57. The summed E-state index contributed by atoms with van der Waals surface area (Å²) < 4.78 is 0. The van der Waals surface area contributed by atoms with E-state index in [1.807, 2.05) is 6.92 Å². The lowest BCUT2D eigenvalue weighted by atomic mass is 9.96. The fourth-order valence-corrected chi connectivity index (χ4v) is 3.29. The summed E-state index contributed by atoms with van der Waals surface area (Å²) >= 11 is 0. The van der Waals surface area contributed by atoms with Crippen molar-refractivity contribution in [2.75, 3.05) is 6.54 Å². The highest BCUT2D eigenvalue weighted by atomic mass is 16.1. The zero-order valence-electron chi connectivity index (χ0n) is 12.0. The Morgan fingerprint density at radius 2 is 2.05 bits per heavy atom. The van der Waals surface area contributed by atoms with Gasteiger partial charge in [0, 0.05) is 13.0 Å². The van der Waals surface area contributed by atoms with Crippen LogP contribution in [0.2, 0.25) is 0 Å². The number of hydrogen-bond acceptors (Lipinski definition) is 1. The summed E-state index contributed by atoms with van der Waals surface area (Å²) in [5, 5.41) is 5.82. The Balaban J connectivity index is 1.70. The fourth-order valence-electron chi connectivity index (χ4n) is 3.29. The SMILES string of the molecule is CCCC(=O)NCC[C@H]1Cc2cccc3cccc1c23. The van der Waals surface area contributed by atoms with Crippen LogP contribution in [0, 0.1) is 0 Å². The molecule has 1 atom stereocenters. The van der Waals surface area contributed by atoms with Crippen LogP contribution in [0.5, 0.6) is 0 Å². The number of rotatable bonds is 5. The summed E-state index contributed by atoms with van der Waals surface area (Å²) in [7, 11) is 0. The van der Waals surface area contributed by atoms with Crippen molar-refractivity contribution in [2.24, 2.45) is 0 Å². The van der Waals surface area contributed by atoms with Gasteiger partial charge in [-0.15, -0.1) is 0 Å². The first-order valence-electron chi connectivity index (χ1n) is 7.57. The van der Waals surface area contributed by atoms with Crippen molar-refractivity contribution in [1.82, 2.24) is 5.32 Å². The van der Waals surface area contributed by atoms with E-state index in [0.29, 0.717) is 12.3 Å². The van der Waals surface area contributed by atoms with Crippen molar-refractivity contribution in [3.05, 3.63) is 47.5 Å². The smallest absolute Gasteiger partial charge is 0.219 e. The van der Waals surface area contributed by atoms with E-state index in [1.165, 1.54) is 21.9 Å². The minimum Gasteiger partial charge on any atom is -0.356 e. The van der Waals surface area contributed by atoms with Crippen molar-refractivity contribution in [2.45, 2.75) is 38.5 Å². The molecule has 0 saturated carbocycles. The minimum absolute atomic E-state index is 0.182. The van der Waals surface area contributed by atoms with Gasteiger partial charge in [-0.25, -0.2) is 0 Å². The lowest BCUT2D eigenvalue weighted by Crippen LogP contribution is -2.25. The third-order valence-electron chi connectivity index (χ3n) is 4.22. The third kappa shape index (κ3) is 2.43. The highest BCUT2D eigenvalue weighted by Gasteiger charge is 2.23. The van der Waals surface area contributed by atoms with E-state index in [2.05, 4.69) is 41.7 Å². The third-order valence-corrected chi connectivity index (χ3v) is 4.22. The molecule has 0 bridgehead atoms. The molecule has 3 rings (SSSR count). The van der Waals surface area contributed by atoms with Crippen LogP contribution in [0.4, 0.5) is 0 Å². The molecule has 0 radical (unpaired) electrons. The molecule has 104 valence electrons. The Kier molecular flexibility index (Phi) is 3.72. The second-order valence-electron chi connectivity index (χ2n) is 5.65. The van der Waals surface area contributed by atoms with Crippen LogP contribution in [0.25, 0.3) is 10.8 Å². The summed E-state index contributed by atoms with van der Waals surface area (Å²) in [4.78, 5) is 11.5. The Hall–Kier alpha value is -1.83. The normalized spacial score (nSPS) is 16.6. The number of carbonyl (C=O) groups excluding carboxylic acids is 1. The number of amides is 1. The fraction of sp³-hybridized carbons (Fsp3) is 0.389. The second-order valence-corrected chi connectivity index (χ2v) is 5.65. The molecule has 20 heavy (non-hydrogen) atoms. The molecule has 1 amide bonds. The van der Waals surface area contributed by atoms with Gasteiger partial charge < -0.3 is 5.32 Å². The van der Waals surface area contributed by atoms with E-state index in [9.17, 15) is 4.79 Å². The van der Waals surface area contributed by atoms with Crippen LogP contribution in [0.15, 0.2) is 36.4 Å². The Morgan fingerprint density at radius 1 is 1.25 bits per heavy atom. The van der Waals surface area contributed by atoms with Gasteiger partial charge in [-0.1, -0.05) is 43.3 Å². The molecule has 0 aromatic heterocycles. The second kappa shape index (κ2) is 5.66. The van der Waals surface area contributed by atoms with Gasteiger partial charge in [0.05, 0.1) is 0 Å². The average Bonchev–Trinajstić information content (AvgIpc) is 2.80. The molecule has 2 heteroatoms. The molecule has 0 aliphatic heterocycles. The van der Waals surface area contributed by atoms with Crippen molar-refractivity contribution in [1.29, 1.82) is 0 Å². The van der Waals surface area contributed by atoms with Crippen LogP contribution in [0.1, 0.15) is 43.2 Å². The molecule has 2 aromatic carbocycles. The lowest BCUT2D eigenvalue weighted by Gasteiger charge is -2.12. The van der Waals surface area contributed by atoms with Crippen molar-refractivity contribution in [3.63, 3.8) is 0 Å². The van der Waals surface area contributed by atoms with E-state index >= 15 is 0 Å². The largest absolute Gasteiger partial charge is 0.356 e. The maximum atomic E-state index is 11.5. The molecule has 2 aromatic rings. The first-order chi connectivity index (χ1) is 9.79. The minimum atomic E-state index is 0.182. The highest BCUT2D eigenvalue weighted by Crippen LogP contribution is 2.39. The molecule has 0 heterocycles. The Bertz CT molecular complexity index is 627. The molecular weight excluding hydrogens is 246 g/mol. The summed E-state index contributed by atoms with van der Waals surface area (Å²) in [6, 6.07) is 13.2. The molecule has 0 saturated heterocycles. The van der Waals surface area contributed by atoms with Crippen LogP contribution in [0.3, 0.4) is 0 Å². The summed E-state index contributed by atoms with van der Waals surface area (Å²) in [6.45, 7) is 2.82. The van der Waals surface area contributed by atoms with E-state index in [1.54, 1.807) is 0 Å². The van der Waals surface area contributed by atoms with Crippen molar-refractivity contribution < 1.29 is 4.79 Å². The lowest BCUT2D eigenvalue weighted by molar-refractivity contribution is -0.121. The zero-order valence-corrected chi connectivity index (χ0v) is 12.0. The predicted octanol–water partition coefficient (Wildman–Crippen LogP) is 3.79. The van der Waals surface area contributed by atoms with Gasteiger partial charge in [-0.2, -0.15) is 0 Å². The maximum Gasteiger partial charge on any atom is 0.219 e. The van der Waals surface area contributed by atoms with Gasteiger partial charge in [0.15, 0.2) is 0 Å². The molecule has 0 spiro atoms. The monoisotopic (exact) mass is 267 g/mol. The van der Waals surface area contributed by atoms with Crippen LogP contribution in [-0.4, -0.2) is 12.5 Å². The molecule has 1 aliphatic rings. The van der Waals surface area contributed by atoms with E-state index < -0.39 is 0 Å². The van der Waals surface area contributed by atoms with Crippen LogP contribution in [-0.2, 0) is 11.2 Å². The van der Waals surface area contributed by atoms with Crippen LogP contribution < -0.4 is 5.32 Å². The predicted molar refractivity (Wildman–Crippen MR) is 82.9 cm³/mol. The number of carbonyl (C=O) groups is 1. The van der Waals surface area contributed by atoms with Crippen molar-refractivity contribution in [3.8, 4) is 0 Å². The molecular formula is C18H21NO. The zero-order chi connectivity index (χ0) is 13.9. The quantitative estimate of drug-likeness (QED) is 0.877. The van der Waals surface area contributed by atoms with E-state index in [4.69, 9.17) is 0 Å². The standard InChI is InChI=1S/C18H21NO/c1-2-5-17(20)19-11-10-14-12-15-8-3-6-13-7-4-9-16(14)18(13)15/h3-4,6-9,14H,2,5,10-12H2,1H3,(H,19,20)/t14-/m0/s1. The molecule has 2 nitrogen and oxygen atoms in total. The first kappa shape index (κ1) is 13.2. The summed E-state index contributed by atoms with van der Waals surface area (Å²) in [6.07, 6.45) is 3.70. The average molecular weight is 267 g/mol. The highest BCUT2D eigenvalue weighted by molar-refractivity contribution is 5.91. The van der Waals surface area contributed by atoms with E-state index in [0.717, 1.165) is 25.8 Å². The topological polar surface area (TPSA) is 29.1 Å². The van der Waals surface area contributed by atoms with Gasteiger partial charge in [-0.05, 0) is 47.1 Å². The number of hydrogen-bond donors (Lipinski definition) is 1. The summed E-state index contributed by atoms with van der Waals surface area (Å²) in [5.41, 5.74) is 2.92. The molecule has 0 fully saturated rings. The van der Waals surface area contributed by atoms with Gasteiger partial charge in [0.25, 0.3) is 0 Å². The number of benzene rings is 2. The van der Waals surface area contributed by atoms with Crippen LogP contribution >= 0.6 is 0 Å². The molecule has 1 N–H and O–H groups in total. The van der Waals surface area contributed by atoms with Gasteiger partial charge in [0.1, 0.15) is 0 Å².